The molecule has 4 aromatic rings. The lowest BCUT2D eigenvalue weighted by molar-refractivity contribution is 0.0986. The quantitative estimate of drug-likeness (QED) is 0.480. The number of nitrogens with zero attached hydrogens (tertiary/aromatic N) is 3. The Hall–Kier alpha value is -3.66. The molecular weight excluding hydrogens is 358 g/mol. The monoisotopic (exact) mass is 381 g/mol. The van der Waals surface area contributed by atoms with Gasteiger partial charge in [0.2, 0.25) is 0 Å². The van der Waals surface area contributed by atoms with Crippen molar-refractivity contribution in [2.45, 2.75) is 6.54 Å². The first-order chi connectivity index (χ1) is 14.1. The summed E-state index contributed by atoms with van der Waals surface area (Å²) in [5.74, 6) is 0.583. The smallest absolute Gasteiger partial charge is 0.260 e. The number of carbonyl (C=O) groups is 1. The van der Waals surface area contributed by atoms with Crippen molar-refractivity contribution in [3.8, 4) is 0 Å². The van der Waals surface area contributed by atoms with E-state index in [1.807, 2.05) is 74.8 Å². The number of anilines is 2. The van der Waals surface area contributed by atoms with Gasteiger partial charge < -0.3 is 4.90 Å². The molecule has 0 saturated heterocycles. The Morgan fingerprint density at radius 3 is 2.28 bits per heavy atom. The summed E-state index contributed by atoms with van der Waals surface area (Å²) in [4.78, 5) is 21.9. The highest BCUT2D eigenvalue weighted by Crippen LogP contribution is 2.24. The zero-order chi connectivity index (χ0) is 20.2. The van der Waals surface area contributed by atoms with Gasteiger partial charge in [-0.05, 0) is 46.7 Å². The molecule has 1 amide bonds. The number of hydrogen-bond donors (Lipinski definition) is 0. The van der Waals surface area contributed by atoms with E-state index in [1.165, 1.54) is 0 Å². The van der Waals surface area contributed by atoms with Gasteiger partial charge in [-0.3, -0.25) is 9.69 Å². The molecule has 29 heavy (non-hydrogen) atoms. The topological polar surface area (TPSA) is 36.4 Å². The number of pyridine rings is 1. The van der Waals surface area contributed by atoms with Crippen LogP contribution in [0, 0.1) is 0 Å². The maximum Gasteiger partial charge on any atom is 0.260 e. The normalized spacial score (nSPS) is 10.7. The minimum atomic E-state index is -0.0582. The van der Waals surface area contributed by atoms with Crippen molar-refractivity contribution in [3.05, 3.63) is 102 Å². The van der Waals surface area contributed by atoms with Gasteiger partial charge in [0.15, 0.2) is 0 Å². The van der Waals surface area contributed by atoms with E-state index in [1.54, 1.807) is 11.1 Å². The van der Waals surface area contributed by atoms with Crippen molar-refractivity contribution >= 4 is 28.2 Å². The molecule has 4 nitrogen and oxygen atoms in total. The van der Waals surface area contributed by atoms with Crippen LogP contribution in [0.1, 0.15) is 15.9 Å². The number of aromatic nitrogens is 1. The van der Waals surface area contributed by atoms with E-state index in [4.69, 9.17) is 0 Å². The summed E-state index contributed by atoms with van der Waals surface area (Å²) in [5.41, 5.74) is 2.85. The lowest BCUT2D eigenvalue weighted by atomic mass is 10.0. The van der Waals surface area contributed by atoms with Crippen LogP contribution in [0.25, 0.3) is 10.8 Å². The van der Waals surface area contributed by atoms with Crippen molar-refractivity contribution in [2.24, 2.45) is 0 Å². The lowest BCUT2D eigenvalue weighted by Gasteiger charge is -2.23. The van der Waals surface area contributed by atoms with Gasteiger partial charge in [-0.15, -0.1) is 0 Å². The number of rotatable bonds is 5. The van der Waals surface area contributed by atoms with Gasteiger partial charge in [0, 0.05) is 31.5 Å². The summed E-state index contributed by atoms with van der Waals surface area (Å²) in [6.45, 7) is 0.451. The molecule has 0 unspecified atom stereocenters. The van der Waals surface area contributed by atoms with E-state index >= 15 is 0 Å². The third-order valence-corrected chi connectivity index (χ3v) is 4.98. The number of benzene rings is 3. The van der Waals surface area contributed by atoms with Crippen LogP contribution in [0.3, 0.4) is 0 Å². The highest BCUT2D eigenvalue weighted by molar-refractivity contribution is 6.13. The van der Waals surface area contributed by atoms with Gasteiger partial charge in [-0.2, -0.15) is 0 Å². The van der Waals surface area contributed by atoms with Gasteiger partial charge >= 0.3 is 0 Å². The Balaban J connectivity index is 1.73. The fraction of sp³-hybridized carbons (Fsp3) is 0.120. The molecule has 0 radical (unpaired) electrons. The van der Waals surface area contributed by atoms with Crippen LogP contribution < -0.4 is 9.80 Å². The lowest BCUT2D eigenvalue weighted by Crippen LogP contribution is -2.31. The second-order valence-electron chi connectivity index (χ2n) is 7.17. The molecule has 0 aliphatic carbocycles. The van der Waals surface area contributed by atoms with Crippen LogP contribution in [-0.4, -0.2) is 25.0 Å². The number of fused-ring (bicyclic) bond motifs is 1. The minimum absolute atomic E-state index is 0.0582. The van der Waals surface area contributed by atoms with Crippen LogP contribution >= 0.6 is 0 Å². The number of amides is 1. The summed E-state index contributed by atoms with van der Waals surface area (Å²) in [5, 5.41) is 2.00. The zero-order valence-electron chi connectivity index (χ0n) is 16.6. The molecule has 0 spiro atoms. The average Bonchev–Trinajstić information content (AvgIpc) is 2.77. The molecule has 0 bridgehead atoms. The summed E-state index contributed by atoms with van der Waals surface area (Å²) in [6, 6.07) is 27.7. The maximum atomic E-state index is 13.6. The maximum absolute atomic E-state index is 13.6. The van der Waals surface area contributed by atoms with Crippen LogP contribution in [0.2, 0.25) is 0 Å². The fourth-order valence-electron chi connectivity index (χ4n) is 3.41. The molecule has 3 aromatic carbocycles. The molecule has 4 heteroatoms. The van der Waals surface area contributed by atoms with Crippen LogP contribution in [0.5, 0.6) is 0 Å². The molecule has 4 rings (SSSR count). The number of hydrogen-bond acceptors (Lipinski definition) is 3. The zero-order valence-corrected chi connectivity index (χ0v) is 16.6. The predicted octanol–water partition coefficient (Wildman–Crippen LogP) is 5.15. The highest BCUT2D eigenvalue weighted by atomic mass is 16.2. The van der Waals surface area contributed by atoms with Crippen LogP contribution in [0.15, 0.2) is 91.1 Å². The molecule has 0 aliphatic rings. The van der Waals surface area contributed by atoms with Gasteiger partial charge in [-0.25, -0.2) is 4.98 Å². The van der Waals surface area contributed by atoms with Gasteiger partial charge in [-0.1, -0.05) is 54.6 Å². The third kappa shape index (κ3) is 3.97. The molecular formula is C25H23N3O. The number of carbonyl (C=O) groups excluding carboxylic acids is 1. The van der Waals surface area contributed by atoms with E-state index in [0.29, 0.717) is 17.9 Å². The van der Waals surface area contributed by atoms with Gasteiger partial charge in [0.05, 0.1) is 6.54 Å². The molecule has 0 fully saturated rings. The van der Waals surface area contributed by atoms with E-state index in [9.17, 15) is 4.79 Å². The minimum Gasteiger partial charge on any atom is -0.378 e. The van der Waals surface area contributed by atoms with Crippen molar-refractivity contribution in [1.29, 1.82) is 0 Å². The largest absolute Gasteiger partial charge is 0.378 e. The Bertz CT molecular complexity index is 1120. The van der Waals surface area contributed by atoms with E-state index in [-0.39, 0.29) is 5.91 Å². The molecule has 1 aromatic heterocycles. The van der Waals surface area contributed by atoms with E-state index < -0.39 is 0 Å². The Labute approximate surface area is 171 Å². The standard InChI is InChI=1S/C25H23N3O/c1-27(2)21-15-13-19(14-16-21)18-28(24-12-5-6-17-26-24)25(29)23-11-7-9-20-8-3-4-10-22(20)23/h3-17H,18H2,1-2H3. The van der Waals surface area contributed by atoms with Crippen molar-refractivity contribution in [1.82, 2.24) is 4.98 Å². The first kappa shape index (κ1) is 18.7. The van der Waals surface area contributed by atoms with Crippen LogP contribution in [-0.2, 0) is 6.54 Å². The first-order valence-electron chi connectivity index (χ1n) is 9.60. The molecule has 1 heterocycles. The van der Waals surface area contributed by atoms with Gasteiger partial charge in [0.1, 0.15) is 5.82 Å². The molecule has 144 valence electrons. The molecule has 0 atom stereocenters. The SMILES string of the molecule is CN(C)c1ccc(CN(C(=O)c2cccc3ccccc23)c2ccccn2)cc1. The van der Waals surface area contributed by atoms with Crippen molar-refractivity contribution < 1.29 is 4.79 Å². The van der Waals surface area contributed by atoms with E-state index in [0.717, 1.165) is 22.0 Å². The summed E-state index contributed by atoms with van der Waals surface area (Å²) >= 11 is 0. The summed E-state index contributed by atoms with van der Waals surface area (Å²) in [7, 11) is 4.03. The highest BCUT2D eigenvalue weighted by Gasteiger charge is 2.21. The summed E-state index contributed by atoms with van der Waals surface area (Å²) < 4.78 is 0. The third-order valence-electron chi connectivity index (χ3n) is 4.98. The predicted molar refractivity (Wildman–Crippen MR) is 119 cm³/mol. The Kier molecular flexibility index (Phi) is 5.25. The Morgan fingerprint density at radius 1 is 0.828 bits per heavy atom. The Morgan fingerprint density at radius 2 is 1.55 bits per heavy atom. The summed E-state index contributed by atoms with van der Waals surface area (Å²) in [6.07, 6.45) is 1.72. The van der Waals surface area contributed by atoms with Crippen molar-refractivity contribution in [3.63, 3.8) is 0 Å². The average molecular weight is 381 g/mol. The molecule has 0 aliphatic heterocycles. The molecule has 0 N–H and O–H groups in total. The first-order valence-corrected chi connectivity index (χ1v) is 9.60. The second-order valence-corrected chi connectivity index (χ2v) is 7.17. The second kappa shape index (κ2) is 8.15. The van der Waals surface area contributed by atoms with Gasteiger partial charge in [0.25, 0.3) is 5.91 Å². The fourth-order valence-corrected chi connectivity index (χ4v) is 3.41. The van der Waals surface area contributed by atoms with Crippen LogP contribution in [0.4, 0.5) is 11.5 Å². The van der Waals surface area contributed by atoms with E-state index in [2.05, 4.69) is 34.1 Å². The van der Waals surface area contributed by atoms with Crippen molar-refractivity contribution in [2.75, 3.05) is 23.9 Å². The molecule has 0 saturated carbocycles.